The Hall–Kier alpha value is -0.660. The van der Waals surface area contributed by atoms with Crippen LogP contribution >= 0.6 is 0 Å². The first kappa shape index (κ1) is 13.8. The number of sulfone groups is 1. The Balaban J connectivity index is 2.12. The minimum atomic E-state index is -3.08. The van der Waals surface area contributed by atoms with Crippen LogP contribution in [0.4, 0.5) is 0 Å². The van der Waals surface area contributed by atoms with E-state index in [2.05, 4.69) is 0 Å². The van der Waals surface area contributed by atoms with Crippen molar-refractivity contribution in [2.24, 2.45) is 5.73 Å². The Morgan fingerprint density at radius 2 is 2.11 bits per heavy atom. The number of hydrogen-bond donors (Lipinski definition) is 2. The molecule has 2 rings (SSSR count). The van der Waals surface area contributed by atoms with Gasteiger partial charge in [-0.2, -0.15) is 0 Å². The number of aliphatic carboxylic acids is 1. The number of rotatable bonds is 3. The molecule has 0 spiro atoms. The normalized spacial score (nSPS) is 38.1. The summed E-state index contributed by atoms with van der Waals surface area (Å²) in [6.45, 7) is 0.818. The van der Waals surface area contributed by atoms with Gasteiger partial charge in [-0.05, 0) is 19.3 Å². The lowest BCUT2D eigenvalue weighted by molar-refractivity contribution is -0.142. The Morgan fingerprint density at radius 3 is 2.61 bits per heavy atom. The van der Waals surface area contributed by atoms with Crippen molar-refractivity contribution in [3.8, 4) is 0 Å². The molecule has 2 aliphatic rings. The lowest BCUT2D eigenvalue weighted by atomic mass is 10.0. The Morgan fingerprint density at radius 1 is 1.44 bits per heavy atom. The van der Waals surface area contributed by atoms with Crippen molar-refractivity contribution in [3.63, 3.8) is 0 Å². The van der Waals surface area contributed by atoms with Crippen LogP contribution in [0.3, 0.4) is 0 Å². The summed E-state index contributed by atoms with van der Waals surface area (Å²) in [5.74, 6) is -1.00. The van der Waals surface area contributed by atoms with Gasteiger partial charge in [0, 0.05) is 25.4 Å². The van der Waals surface area contributed by atoms with Crippen LogP contribution in [0.5, 0.6) is 0 Å². The Bertz CT molecular complexity index is 450. The van der Waals surface area contributed by atoms with Crippen molar-refractivity contribution < 1.29 is 18.3 Å². The second-order valence-corrected chi connectivity index (χ2v) is 7.81. The molecule has 0 amide bonds. The molecule has 1 aliphatic carbocycles. The summed E-state index contributed by atoms with van der Waals surface area (Å²) in [6, 6.07) is -0.0650. The number of carbonyl (C=O) groups is 1. The molecule has 0 bridgehead atoms. The largest absolute Gasteiger partial charge is 0.480 e. The summed E-state index contributed by atoms with van der Waals surface area (Å²) in [5, 5.41) is 8.72. The van der Waals surface area contributed by atoms with Gasteiger partial charge in [0.15, 0.2) is 9.84 Å². The average Bonchev–Trinajstić information content (AvgIpc) is 2.82. The SMILES string of the molecule is CS(=O)(=O)C1CCCC1N1CCC(N)(C(=O)O)C1. The third-order valence-electron chi connectivity index (χ3n) is 4.19. The number of hydrogen-bond acceptors (Lipinski definition) is 5. The van der Waals surface area contributed by atoms with E-state index in [1.165, 1.54) is 6.26 Å². The Kier molecular flexibility index (Phi) is 3.42. The lowest BCUT2D eigenvalue weighted by Gasteiger charge is -2.29. The molecule has 6 nitrogen and oxygen atoms in total. The van der Waals surface area contributed by atoms with Gasteiger partial charge < -0.3 is 10.8 Å². The van der Waals surface area contributed by atoms with Gasteiger partial charge in [0.2, 0.25) is 0 Å². The van der Waals surface area contributed by atoms with Gasteiger partial charge in [0.05, 0.1) is 5.25 Å². The van der Waals surface area contributed by atoms with Gasteiger partial charge in [0.1, 0.15) is 5.54 Å². The summed E-state index contributed by atoms with van der Waals surface area (Å²) in [7, 11) is -3.08. The number of carboxylic acid groups (broad SMARTS) is 1. The molecule has 3 N–H and O–H groups in total. The summed E-state index contributed by atoms with van der Waals surface area (Å²) in [5.41, 5.74) is 4.61. The zero-order valence-electron chi connectivity index (χ0n) is 10.5. The third-order valence-corrected chi connectivity index (χ3v) is 5.84. The second-order valence-electron chi connectivity index (χ2n) is 5.55. The molecule has 1 saturated heterocycles. The van der Waals surface area contributed by atoms with Gasteiger partial charge in [-0.3, -0.25) is 9.69 Å². The minimum Gasteiger partial charge on any atom is -0.480 e. The lowest BCUT2D eigenvalue weighted by Crippen LogP contribution is -2.52. The van der Waals surface area contributed by atoms with Gasteiger partial charge >= 0.3 is 5.97 Å². The van der Waals surface area contributed by atoms with E-state index in [0.29, 0.717) is 19.4 Å². The molecule has 7 heteroatoms. The summed E-state index contributed by atoms with van der Waals surface area (Å²) < 4.78 is 23.4. The fourth-order valence-electron chi connectivity index (χ4n) is 3.14. The Labute approximate surface area is 107 Å². The first-order chi connectivity index (χ1) is 8.24. The van der Waals surface area contributed by atoms with Crippen LogP contribution in [0.1, 0.15) is 25.7 Å². The molecule has 3 unspecified atom stereocenters. The predicted molar refractivity (Wildman–Crippen MR) is 67.0 cm³/mol. The summed E-state index contributed by atoms with van der Waals surface area (Å²) in [4.78, 5) is 13.0. The van der Waals surface area contributed by atoms with E-state index in [1.807, 2.05) is 4.90 Å². The van der Waals surface area contributed by atoms with E-state index in [-0.39, 0.29) is 17.8 Å². The highest BCUT2D eigenvalue weighted by molar-refractivity contribution is 7.91. The summed E-state index contributed by atoms with van der Waals surface area (Å²) >= 11 is 0. The maximum atomic E-state index is 11.7. The van der Waals surface area contributed by atoms with Crippen LogP contribution in [-0.2, 0) is 14.6 Å². The van der Waals surface area contributed by atoms with Crippen LogP contribution in [0.25, 0.3) is 0 Å². The molecule has 2 fully saturated rings. The molecule has 1 saturated carbocycles. The predicted octanol–water partition coefficient (Wildman–Crippen LogP) is -0.560. The molecular weight excluding hydrogens is 256 g/mol. The van der Waals surface area contributed by atoms with E-state index in [1.54, 1.807) is 0 Å². The van der Waals surface area contributed by atoms with E-state index in [4.69, 9.17) is 10.8 Å². The van der Waals surface area contributed by atoms with Crippen LogP contribution in [0.15, 0.2) is 0 Å². The highest BCUT2D eigenvalue weighted by Gasteiger charge is 2.47. The molecule has 0 aromatic rings. The van der Waals surface area contributed by atoms with Crippen molar-refractivity contribution in [3.05, 3.63) is 0 Å². The standard InChI is InChI=1S/C11H20N2O4S/c1-18(16,17)9-4-2-3-8(9)13-6-5-11(12,7-13)10(14)15/h8-9H,2-7,12H2,1H3,(H,14,15). The van der Waals surface area contributed by atoms with Crippen molar-refractivity contribution >= 4 is 15.8 Å². The fraction of sp³-hybridized carbons (Fsp3) is 0.909. The van der Waals surface area contributed by atoms with E-state index < -0.39 is 21.3 Å². The third kappa shape index (κ3) is 2.39. The zero-order valence-corrected chi connectivity index (χ0v) is 11.3. The van der Waals surface area contributed by atoms with Gasteiger partial charge in [0.25, 0.3) is 0 Å². The topological polar surface area (TPSA) is 101 Å². The fourth-order valence-corrected chi connectivity index (χ4v) is 4.62. The first-order valence-corrected chi connectivity index (χ1v) is 8.15. The molecule has 0 aromatic heterocycles. The van der Waals surface area contributed by atoms with Gasteiger partial charge in [-0.1, -0.05) is 6.42 Å². The molecule has 0 radical (unpaired) electrons. The van der Waals surface area contributed by atoms with Gasteiger partial charge in [-0.15, -0.1) is 0 Å². The van der Waals surface area contributed by atoms with Crippen LogP contribution in [0.2, 0.25) is 0 Å². The smallest absolute Gasteiger partial charge is 0.325 e. The van der Waals surface area contributed by atoms with E-state index >= 15 is 0 Å². The number of nitrogens with two attached hydrogens (primary N) is 1. The van der Waals surface area contributed by atoms with Crippen molar-refractivity contribution in [2.75, 3.05) is 19.3 Å². The monoisotopic (exact) mass is 276 g/mol. The molecule has 18 heavy (non-hydrogen) atoms. The maximum absolute atomic E-state index is 11.7. The number of likely N-dealkylation sites (tertiary alicyclic amines) is 1. The molecule has 1 heterocycles. The molecule has 0 aromatic carbocycles. The highest BCUT2D eigenvalue weighted by Crippen LogP contribution is 2.33. The maximum Gasteiger partial charge on any atom is 0.325 e. The highest BCUT2D eigenvalue weighted by atomic mass is 32.2. The summed E-state index contributed by atoms with van der Waals surface area (Å²) in [6.07, 6.45) is 4.01. The first-order valence-electron chi connectivity index (χ1n) is 6.19. The molecule has 3 atom stereocenters. The number of carboxylic acids is 1. The van der Waals surface area contributed by atoms with Crippen molar-refractivity contribution in [1.82, 2.24) is 4.90 Å². The molecule has 1 aliphatic heterocycles. The molecular formula is C11H20N2O4S. The average molecular weight is 276 g/mol. The quantitative estimate of drug-likeness (QED) is 0.716. The number of nitrogens with zero attached hydrogens (tertiary/aromatic N) is 1. The molecule has 104 valence electrons. The van der Waals surface area contributed by atoms with Crippen LogP contribution in [0, 0.1) is 0 Å². The van der Waals surface area contributed by atoms with E-state index in [0.717, 1.165) is 12.8 Å². The van der Waals surface area contributed by atoms with Crippen molar-refractivity contribution in [1.29, 1.82) is 0 Å². The zero-order chi connectivity index (χ0) is 13.6. The van der Waals surface area contributed by atoms with Crippen LogP contribution in [-0.4, -0.2) is 60.6 Å². The van der Waals surface area contributed by atoms with Crippen molar-refractivity contribution in [2.45, 2.75) is 42.5 Å². The second kappa shape index (κ2) is 4.47. The van der Waals surface area contributed by atoms with Crippen LogP contribution < -0.4 is 5.73 Å². The minimum absolute atomic E-state index is 0.0650. The van der Waals surface area contributed by atoms with Gasteiger partial charge in [-0.25, -0.2) is 8.42 Å². The van der Waals surface area contributed by atoms with E-state index in [9.17, 15) is 13.2 Å².